The first-order valence-corrected chi connectivity index (χ1v) is 5.89. The number of ether oxygens (including phenoxy) is 2. The van der Waals surface area contributed by atoms with Gasteiger partial charge in [0, 0.05) is 11.8 Å². The van der Waals surface area contributed by atoms with E-state index in [0.29, 0.717) is 11.4 Å². The average molecular weight is 297 g/mol. The molecular formula is C13H9F2NO5. The van der Waals surface area contributed by atoms with E-state index in [9.17, 15) is 13.6 Å². The Labute approximate surface area is 116 Å². The van der Waals surface area contributed by atoms with Crippen LogP contribution in [0.3, 0.4) is 0 Å². The molecule has 3 rings (SSSR count). The van der Waals surface area contributed by atoms with Gasteiger partial charge in [0.05, 0.1) is 6.54 Å². The van der Waals surface area contributed by atoms with Gasteiger partial charge in [-0.05, 0) is 24.3 Å². The molecule has 2 aromatic rings. The highest BCUT2D eigenvalue weighted by Gasteiger charge is 2.43. The normalized spacial score (nSPS) is 15.0. The Kier molecular flexibility index (Phi) is 2.93. The van der Waals surface area contributed by atoms with Crippen molar-refractivity contribution in [1.29, 1.82) is 0 Å². The van der Waals surface area contributed by atoms with Crippen molar-refractivity contribution in [2.75, 3.05) is 5.32 Å². The predicted octanol–water partition coefficient (Wildman–Crippen LogP) is 2.91. The first-order chi connectivity index (χ1) is 9.93. The van der Waals surface area contributed by atoms with Crippen LogP contribution in [0.1, 0.15) is 16.3 Å². The van der Waals surface area contributed by atoms with Gasteiger partial charge in [0.1, 0.15) is 5.76 Å². The molecule has 1 aliphatic rings. The zero-order valence-electron chi connectivity index (χ0n) is 10.4. The fraction of sp³-hybridized carbons (Fsp3) is 0.154. The highest BCUT2D eigenvalue weighted by Crippen LogP contribution is 2.42. The van der Waals surface area contributed by atoms with E-state index in [0.717, 1.165) is 0 Å². The number of halogens is 2. The first-order valence-electron chi connectivity index (χ1n) is 5.89. The summed E-state index contributed by atoms with van der Waals surface area (Å²) in [5.74, 6) is -1.05. The van der Waals surface area contributed by atoms with Crippen molar-refractivity contribution < 1.29 is 32.6 Å². The van der Waals surface area contributed by atoms with Gasteiger partial charge in [0.2, 0.25) is 5.76 Å². The number of carbonyl (C=O) groups is 1. The number of nitrogens with one attached hydrogen (secondary N) is 1. The third-order valence-corrected chi connectivity index (χ3v) is 2.74. The highest BCUT2D eigenvalue weighted by atomic mass is 19.3. The molecule has 1 aromatic carbocycles. The van der Waals surface area contributed by atoms with E-state index in [1.165, 1.54) is 30.3 Å². The molecule has 1 aromatic heterocycles. The minimum absolute atomic E-state index is 0.0447. The van der Waals surface area contributed by atoms with Gasteiger partial charge in [0.25, 0.3) is 0 Å². The molecule has 21 heavy (non-hydrogen) atoms. The molecule has 0 saturated carbocycles. The molecule has 0 saturated heterocycles. The van der Waals surface area contributed by atoms with Crippen molar-refractivity contribution in [3.05, 3.63) is 41.9 Å². The van der Waals surface area contributed by atoms with Crippen molar-refractivity contribution in [2.24, 2.45) is 0 Å². The summed E-state index contributed by atoms with van der Waals surface area (Å²) in [5, 5.41) is 11.6. The van der Waals surface area contributed by atoms with Crippen LogP contribution in [-0.2, 0) is 6.54 Å². The van der Waals surface area contributed by atoms with Crippen LogP contribution in [0.4, 0.5) is 14.5 Å². The second-order valence-electron chi connectivity index (χ2n) is 4.25. The summed E-state index contributed by atoms with van der Waals surface area (Å²) in [5.41, 5.74) is 0.503. The topological polar surface area (TPSA) is 80.9 Å². The van der Waals surface area contributed by atoms with E-state index in [1.807, 2.05) is 0 Å². The van der Waals surface area contributed by atoms with E-state index < -0.39 is 12.3 Å². The number of carboxylic acid groups (broad SMARTS) is 1. The van der Waals surface area contributed by atoms with Crippen LogP contribution < -0.4 is 14.8 Å². The molecule has 0 bridgehead atoms. The van der Waals surface area contributed by atoms with Gasteiger partial charge in [-0.1, -0.05) is 0 Å². The van der Waals surface area contributed by atoms with Gasteiger partial charge >= 0.3 is 12.3 Å². The lowest BCUT2D eigenvalue weighted by molar-refractivity contribution is -0.286. The van der Waals surface area contributed by atoms with Crippen LogP contribution >= 0.6 is 0 Å². The maximum absolute atomic E-state index is 12.9. The van der Waals surface area contributed by atoms with Gasteiger partial charge in [0.15, 0.2) is 11.5 Å². The maximum atomic E-state index is 12.9. The second kappa shape index (κ2) is 4.65. The van der Waals surface area contributed by atoms with Gasteiger partial charge in [-0.3, -0.25) is 0 Å². The van der Waals surface area contributed by atoms with E-state index in [-0.39, 0.29) is 23.8 Å². The van der Waals surface area contributed by atoms with Crippen molar-refractivity contribution >= 4 is 11.7 Å². The van der Waals surface area contributed by atoms with Gasteiger partial charge < -0.3 is 24.3 Å². The van der Waals surface area contributed by atoms with Gasteiger partial charge in [-0.15, -0.1) is 8.78 Å². The predicted molar refractivity (Wildman–Crippen MR) is 65.6 cm³/mol. The number of benzene rings is 1. The number of carboxylic acids is 1. The van der Waals surface area contributed by atoms with Crippen LogP contribution in [0.5, 0.6) is 11.5 Å². The van der Waals surface area contributed by atoms with Crippen LogP contribution in [0.15, 0.2) is 34.7 Å². The fourth-order valence-electron chi connectivity index (χ4n) is 1.84. The summed E-state index contributed by atoms with van der Waals surface area (Å²) in [6, 6.07) is 7.09. The number of hydrogen-bond donors (Lipinski definition) is 2. The zero-order chi connectivity index (χ0) is 15.0. The SMILES string of the molecule is O=C(O)c1ccc(CNc2ccc3c(c2)OC(F)(F)O3)o1. The van der Waals surface area contributed by atoms with Gasteiger partial charge in [-0.25, -0.2) is 4.79 Å². The Morgan fingerprint density at radius 1 is 1.19 bits per heavy atom. The third-order valence-electron chi connectivity index (χ3n) is 2.74. The molecule has 2 N–H and O–H groups in total. The van der Waals surface area contributed by atoms with Crippen LogP contribution in [0.2, 0.25) is 0 Å². The smallest absolute Gasteiger partial charge is 0.475 e. The van der Waals surface area contributed by atoms with E-state index in [2.05, 4.69) is 14.8 Å². The number of aromatic carboxylic acids is 1. The number of furan rings is 1. The lowest BCUT2D eigenvalue weighted by Gasteiger charge is -2.05. The molecule has 0 fully saturated rings. The Bertz CT molecular complexity index is 698. The Hall–Kier alpha value is -2.77. The summed E-state index contributed by atoms with van der Waals surface area (Å²) >= 11 is 0. The maximum Gasteiger partial charge on any atom is 0.586 e. The lowest BCUT2D eigenvalue weighted by atomic mass is 10.2. The standard InChI is InChI=1S/C13H9F2NO5/c14-13(15)20-9-3-1-7(5-11(9)21-13)16-6-8-2-4-10(19-8)12(17)18/h1-5,16H,6H2,(H,17,18). The molecule has 0 amide bonds. The largest absolute Gasteiger partial charge is 0.586 e. The fourth-order valence-corrected chi connectivity index (χ4v) is 1.84. The molecule has 2 heterocycles. The third kappa shape index (κ3) is 2.73. The minimum Gasteiger partial charge on any atom is -0.475 e. The molecule has 1 aliphatic heterocycles. The molecule has 0 spiro atoms. The van der Waals surface area contributed by atoms with E-state index >= 15 is 0 Å². The molecule has 0 unspecified atom stereocenters. The molecule has 110 valence electrons. The highest BCUT2D eigenvalue weighted by molar-refractivity contribution is 5.84. The number of anilines is 1. The number of alkyl halides is 2. The molecule has 0 aliphatic carbocycles. The quantitative estimate of drug-likeness (QED) is 0.903. The van der Waals surface area contributed by atoms with E-state index in [1.54, 1.807) is 0 Å². The van der Waals surface area contributed by atoms with Crippen LogP contribution in [-0.4, -0.2) is 17.4 Å². The number of rotatable bonds is 4. The summed E-state index contributed by atoms with van der Waals surface area (Å²) in [6.45, 7) is 0.198. The Morgan fingerprint density at radius 2 is 1.95 bits per heavy atom. The van der Waals surface area contributed by atoms with Crippen molar-refractivity contribution in [3.63, 3.8) is 0 Å². The minimum atomic E-state index is -3.65. The van der Waals surface area contributed by atoms with Crippen molar-refractivity contribution in [3.8, 4) is 11.5 Å². The van der Waals surface area contributed by atoms with Crippen LogP contribution in [0.25, 0.3) is 0 Å². The van der Waals surface area contributed by atoms with Crippen molar-refractivity contribution in [2.45, 2.75) is 12.8 Å². The molecule has 8 heteroatoms. The second-order valence-corrected chi connectivity index (χ2v) is 4.25. The average Bonchev–Trinajstić information content (AvgIpc) is 2.98. The molecular weight excluding hydrogens is 288 g/mol. The van der Waals surface area contributed by atoms with Crippen LogP contribution in [0, 0.1) is 0 Å². The lowest BCUT2D eigenvalue weighted by Crippen LogP contribution is -2.25. The monoisotopic (exact) mass is 297 g/mol. The number of fused-ring (bicyclic) bond motifs is 1. The molecule has 0 atom stereocenters. The number of hydrogen-bond acceptors (Lipinski definition) is 5. The Balaban J connectivity index is 1.68. The first kappa shape index (κ1) is 13.2. The van der Waals surface area contributed by atoms with Gasteiger partial charge in [-0.2, -0.15) is 0 Å². The summed E-state index contributed by atoms with van der Waals surface area (Å²) in [7, 11) is 0. The zero-order valence-corrected chi connectivity index (χ0v) is 10.4. The Morgan fingerprint density at radius 3 is 2.67 bits per heavy atom. The molecule has 0 radical (unpaired) electrons. The summed E-state index contributed by atoms with van der Waals surface area (Å²) < 4.78 is 39.4. The summed E-state index contributed by atoms with van der Waals surface area (Å²) in [6.07, 6.45) is -3.65. The van der Waals surface area contributed by atoms with E-state index in [4.69, 9.17) is 9.52 Å². The molecule has 6 nitrogen and oxygen atoms in total. The summed E-state index contributed by atoms with van der Waals surface area (Å²) in [4.78, 5) is 10.7. The van der Waals surface area contributed by atoms with Crippen molar-refractivity contribution in [1.82, 2.24) is 0 Å².